The number of carbonyl (C=O) groups is 1. The van der Waals surface area contributed by atoms with E-state index in [1.807, 2.05) is 0 Å². The fourth-order valence-electron chi connectivity index (χ4n) is 6.39. The molecule has 0 N–H and O–H groups in total. The second-order valence-electron chi connectivity index (χ2n) is 9.59. The van der Waals surface area contributed by atoms with Crippen LogP contribution in [0.15, 0.2) is 30.3 Å². The molecule has 0 unspecified atom stereocenters. The lowest BCUT2D eigenvalue weighted by molar-refractivity contribution is -0.128. The molecule has 0 amide bonds. The molecule has 2 aromatic rings. The number of para-hydroxylation sites is 1. The zero-order valence-corrected chi connectivity index (χ0v) is 17.3. The van der Waals surface area contributed by atoms with Crippen LogP contribution in [0, 0.1) is 11.8 Å². The monoisotopic (exact) mass is 376 g/mol. The predicted molar refractivity (Wildman–Crippen MR) is 112 cm³/mol. The summed E-state index contributed by atoms with van der Waals surface area (Å²) < 4.78 is 2.51. The van der Waals surface area contributed by atoms with Crippen molar-refractivity contribution in [3.8, 4) is 5.69 Å². The van der Waals surface area contributed by atoms with Crippen molar-refractivity contribution in [2.24, 2.45) is 11.8 Å². The summed E-state index contributed by atoms with van der Waals surface area (Å²) in [4.78, 5) is 17.8. The van der Waals surface area contributed by atoms with Crippen LogP contribution in [-0.2, 0) is 16.6 Å². The molecule has 1 aromatic heterocycles. The molecule has 0 spiro atoms. The van der Waals surface area contributed by atoms with Gasteiger partial charge in [-0.15, -0.1) is 0 Å². The van der Waals surface area contributed by atoms with E-state index in [1.54, 1.807) is 0 Å². The van der Waals surface area contributed by atoms with E-state index in [2.05, 4.69) is 48.7 Å². The molecule has 148 valence electrons. The number of rotatable bonds is 2. The van der Waals surface area contributed by atoms with Gasteiger partial charge in [-0.2, -0.15) is 0 Å². The van der Waals surface area contributed by atoms with E-state index >= 15 is 0 Å². The van der Waals surface area contributed by atoms with Crippen molar-refractivity contribution in [1.82, 2.24) is 9.55 Å². The maximum Gasteiger partial charge on any atom is 0.136 e. The van der Waals surface area contributed by atoms with Gasteiger partial charge in [0.05, 0.1) is 5.69 Å². The van der Waals surface area contributed by atoms with Crippen LogP contribution in [0.2, 0.25) is 0 Å². The smallest absolute Gasteiger partial charge is 0.136 e. The minimum absolute atomic E-state index is 0.0460. The highest BCUT2D eigenvalue weighted by Crippen LogP contribution is 2.52. The Balaban J connectivity index is 1.67. The number of nitrogens with zero attached hydrogens (tertiary/aromatic N) is 2. The van der Waals surface area contributed by atoms with Gasteiger partial charge in [0.2, 0.25) is 0 Å². The Hall–Kier alpha value is -1.90. The van der Waals surface area contributed by atoms with Gasteiger partial charge in [-0.05, 0) is 50.2 Å². The fourth-order valence-corrected chi connectivity index (χ4v) is 6.39. The molecule has 1 heterocycles. The summed E-state index contributed by atoms with van der Waals surface area (Å²) in [5.41, 5.74) is 4.04. The van der Waals surface area contributed by atoms with Crippen LogP contribution < -0.4 is 0 Å². The molecule has 0 aliphatic heterocycles. The highest BCUT2D eigenvalue weighted by molar-refractivity contribution is 5.82. The number of imidazole rings is 1. The van der Waals surface area contributed by atoms with Crippen LogP contribution in [0.5, 0.6) is 0 Å². The van der Waals surface area contributed by atoms with Gasteiger partial charge in [0, 0.05) is 35.1 Å². The number of hydrogen-bond acceptors (Lipinski definition) is 2. The molecule has 0 saturated heterocycles. The first-order chi connectivity index (χ1) is 13.6. The number of ketones is 1. The number of aromatic nitrogens is 2. The van der Waals surface area contributed by atoms with E-state index in [9.17, 15) is 4.79 Å². The maximum atomic E-state index is 12.4. The zero-order valence-electron chi connectivity index (χ0n) is 17.3. The molecule has 3 heteroatoms. The average molecular weight is 377 g/mol. The Kier molecular flexibility index (Phi) is 4.45. The SMILES string of the molecule is C[C@H]1C(=O)CC[C@@]2(C)c3nc(C4CCCCC4)n(-c4ccccc4)c3CC[C@H]12. The number of Topliss-reactive ketones (excluding diaryl/α,β-unsaturated/α-hetero) is 1. The highest BCUT2D eigenvalue weighted by Gasteiger charge is 2.50. The van der Waals surface area contributed by atoms with Crippen LogP contribution >= 0.6 is 0 Å². The summed E-state index contributed by atoms with van der Waals surface area (Å²) in [5.74, 6) is 2.94. The number of benzene rings is 1. The van der Waals surface area contributed by atoms with Crippen LogP contribution in [0.1, 0.15) is 88.3 Å². The minimum atomic E-state index is 0.0460. The molecule has 2 saturated carbocycles. The lowest BCUT2D eigenvalue weighted by Crippen LogP contribution is -2.47. The third kappa shape index (κ3) is 2.69. The lowest BCUT2D eigenvalue weighted by atomic mass is 9.57. The first-order valence-electron chi connectivity index (χ1n) is 11.3. The summed E-state index contributed by atoms with van der Waals surface area (Å²) in [5, 5.41) is 0. The van der Waals surface area contributed by atoms with Crippen molar-refractivity contribution in [2.45, 2.75) is 83.0 Å². The third-order valence-corrected chi connectivity index (χ3v) is 8.04. The van der Waals surface area contributed by atoms with Crippen molar-refractivity contribution >= 4 is 5.78 Å². The third-order valence-electron chi connectivity index (χ3n) is 8.04. The van der Waals surface area contributed by atoms with Gasteiger partial charge in [-0.1, -0.05) is 51.3 Å². The number of hydrogen-bond donors (Lipinski definition) is 0. The fraction of sp³-hybridized carbons (Fsp3) is 0.600. The standard InChI is InChI=1S/C25H32N2O/c1-17-20-13-14-21-23(25(20,2)16-15-22(17)28)26-24(18-9-5-3-6-10-18)27(21)19-11-7-4-8-12-19/h4,7-8,11-12,17-18,20H,3,5-6,9-10,13-16H2,1-2H3/t17-,20-,25-/m1/s1. The van der Waals surface area contributed by atoms with Crippen molar-refractivity contribution in [2.75, 3.05) is 0 Å². The topological polar surface area (TPSA) is 34.9 Å². The first kappa shape index (κ1) is 18.1. The second kappa shape index (κ2) is 6.86. The Bertz CT molecular complexity index is 877. The van der Waals surface area contributed by atoms with E-state index in [1.165, 1.54) is 55.0 Å². The Morgan fingerprint density at radius 3 is 2.54 bits per heavy atom. The molecular weight excluding hydrogens is 344 g/mol. The van der Waals surface area contributed by atoms with Crippen molar-refractivity contribution in [3.05, 3.63) is 47.5 Å². The lowest BCUT2D eigenvalue weighted by Gasteiger charge is -2.46. The summed E-state index contributed by atoms with van der Waals surface area (Å²) >= 11 is 0. The molecule has 2 fully saturated rings. The molecule has 28 heavy (non-hydrogen) atoms. The number of carbonyl (C=O) groups excluding carboxylic acids is 1. The predicted octanol–water partition coefficient (Wildman–Crippen LogP) is 5.74. The largest absolute Gasteiger partial charge is 0.300 e. The van der Waals surface area contributed by atoms with Crippen molar-refractivity contribution in [1.29, 1.82) is 0 Å². The van der Waals surface area contributed by atoms with Crippen LogP contribution in [-0.4, -0.2) is 15.3 Å². The molecule has 1 aromatic carbocycles. The number of fused-ring (bicyclic) bond motifs is 3. The molecule has 5 rings (SSSR count). The van der Waals surface area contributed by atoms with Crippen molar-refractivity contribution in [3.63, 3.8) is 0 Å². The molecule has 0 radical (unpaired) electrons. The highest BCUT2D eigenvalue weighted by atomic mass is 16.1. The summed E-state index contributed by atoms with van der Waals surface area (Å²) in [6, 6.07) is 10.8. The quantitative estimate of drug-likeness (QED) is 0.670. The van der Waals surface area contributed by atoms with Crippen LogP contribution in [0.25, 0.3) is 5.69 Å². The van der Waals surface area contributed by atoms with Gasteiger partial charge >= 0.3 is 0 Å². The maximum absolute atomic E-state index is 12.4. The van der Waals surface area contributed by atoms with E-state index in [4.69, 9.17) is 4.98 Å². The van der Waals surface area contributed by atoms with Crippen LogP contribution in [0.4, 0.5) is 0 Å². The normalized spacial score (nSPS) is 30.7. The molecule has 0 bridgehead atoms. The van der Waals surface area contributed by atoms with Gasteiger partial charge in [0.25, 0.3) is 0 Å². The Morgan fingerprint density at radius 1 is 1.04 bits per heavy atom. The first-order valence-corrected chi connectivity index (χ1v) is 11.3. The minimum Gasteiger partial charge on any atom is -0.300 e. The van der Waals surface area contributed by atoms with E-state index in [-0.39, 0.29) is 11.3 Å². The van der Waals surface area contributed by atoms with E-state index in [0.717, 1.165) is 19.3 Å². The van der Waals surface area contributed by atoms with E-state index < -0.39 is 0 Å². The van der Waals surface area contributed by atoms with Gasteiger partial charge in [-0.3, -0.25) is 4.79 Å². The van der Waals surface area contributed by atoms with E-state index in [0.29, 0.717) is 24.0 Å². The Labute approximate surface area is 168 Å². The second-order valence-corrected chi connectivity index (χ2v) is 9.59. The molecular formula is C25H32N2O. The average Bonchev–Trinajstić information content (AvgIpc) is 3.13. The molecule has 3 nitrogen and oxygen atoms in total. The van der Waals surface area contributed by atoms with Gasteiger partial charge in [0.15, 0.2) is 0 Å². The zero-order chi connectivity index (χ0) is 19.3. The van der Waals surface area contributed by atoms with Crippen LogP contribution in [0.3, 0.4) is 0 Å². The summed E-state index contributed by atoms with van der Waals surface area (Å²) in [7, 11) is 0. The molecule has 3 atom stereocenters. The van der Waals surface area contributed by atoms with Crippen molar-refractivity contribution < 1.29 is 4.79 Å². The summed E-state index contributed by atoms with van der Waals surface area (Å²) in [6.45, 7) is 4.55. The van der Waals surface area contributed by atoms with Gasteiger partial charge in [-0.25, -0.2) is 4.98 Å². The molecule has 3 aliphatic rings. The van der Waals surface area contributed by atoms with Gasteiger partial charge in [0.1, 0.15) is 11.6 Å². The Morgan fingerprint density at radius 2 is 1.79 bits per heavy atom. The van der Waals surface area contributed by atoms with Gasteiger partial charge < -0.3 is 4.57 Å². The summed E-state index contributed by atoms with van der Waals surface area (Å²) in [6.07, 6.45) is 10.4. The molecule has 3 aliphatic carbocycles.